The number of nitrogens with zero attached hydrogens (tertiary/aromatic N) is 3. The van der Waals surface area contributed by atoms with Crippen molar-refractivity contribution in [2.45, 2.75) is 37.6 Å². The number of amides is 1. The fraction of sp³-hybridized carbons (Fsp3) is 0.273. The van der Waals surface area contributed by atoms with E-state index in [2.05, 4.69) is 25.6 Å². The Labute approximate surface area is 167 Å². The van der Waals surface area contributed by atoms with Gasteiger partial charge >= 0.3 is 0 Å². The van der Waals surface area contributed by atoms with Crippen LogP contribution in [0.4, 0.5) is 15.9 Å². The van der Waals surface area contributed by atoms with E-state index < -0.39 is 0 Å². The van der Waals surface area contributed by atoms with Crippen LogP contribution in [0.5, 0.6) is 0 Å². The van der Waals surface area contributed by atoms with E-state index in [4.69, 9.17) is 0 Å². The lowest BCUT2D eigenvalue weighted by molar-refractivity contribution is 0.102. The lowest BCUT2D eigenvalue weighted by Crippen LogP contribution is -2.18. The Kier molecular flexibility index (Phi) is 4.42. The molecule has 2 fully saturated rings. The zero-order valence-corrected chi connectivity index (χ0v) is 15.7. The van der Waals surface area contributed by atoms with E-state index in [1.807, 2.05) is 0 Å². The summed E-state index contributed by atoms with van der Waals surface area (Å²) in [6, 6.07) is 9.97. The lowest BCUT2D eigenvalue weighted by Gasteiger charge is -2.16. The Morgan fingerprint density at radius 1 is 1.00 bits per heavy atom. The number of hydrogen-bond acceptors (Lipinski definition) is 5. The summed E-state index contributed by atoms with van der Waals surface area (Å²) in [4.78, 5) is 26.3. The highest BCUT2D eigenvalue weighted by molar-refractivity contribution is 6.08. The molecule has 2 aromatic heterocycles. The van der Waals surface area contributed by atoms with Gasteiger partial charge < -0.3 is 10.6 Å². The van der Waals surface area contributed by atoms with Crippen molar-refractivity contribution in [2.24, 2.45) is 0 Å². The van der Waals surface area contributed by atoms with Crippen LogP contribution in [0.15, 0.2) is 48.9 Å². The molecule has 2 saturated carbocycles. The number of carbonyl (C=O) groups excluding carboxylic acids is 1. The first-order valence-corrected chi connectivity index (χ1v) is 9.83. The van der Waals surface area contributed by atoms with Crippen LogP contribution in [0.25, 0.3) is 11.3 Å². The smallest absolute Gasteiger partial charge is 0.257 e. The molecule has 0 bridgehead atoms. The summed E-state index contributed by atoms with van der Waals surface area (Å²) in [7, 11) is 0. The summed E-state index contributed by atoms with van der Waals surface area (Å²) in [6.07, 6.45) is 7.43. The molecule has 2 N–H and O–H groups in total. The van der Waals surface area contributed by atoms with E-state index in [-0.39, 0.29) is 11.7 Å². The minimum absolute atomic E-state index is 0.239. The molecule has 6 nitrogen and oxygen atoms in total. The van der Waals surface area contributed by atoms with Gasteiger partial charge in [0, 0.05) is 23.7 Å². The molecule has 2 aliphatic carbocycles. The largest absolute Gasteiger partial charge is 0.365 e. The second-order valence-corrected chi connectivity index (χ2v) is 7.54. The molecule has 0 atom stereocenters. The van der Waals surface area contributed by atoms with Crippen molar-refractivity contribution in [3.8, 4) is 11.3 Å². The van der Waals surface area contributed by atoms with Gasteiger partial charge in [-0.3, -0.25) is 9.78 Å². The summed E-state index contributed by atoms with van der Waals surface area (Å²) in [6.45, 7) is 0. The first-order chi connectivity index (χ1) is 14.2. The highest BCUT2D eigenvalue weighted by atomic mass is 19.1. The molecule has 7 heteroatoms. The molecular weight excluding hydrogens is 369 g/mol. The molecule has 0 aliphatic heterocycles. The number of benzene rings is 1. The minimum atomic E-state index is -0.325. The van der Waals surface area contributed by atoms with Crippen molar-refractivity contribution in [3.05, 3.63) is 66.0 Å². The average Bonchev–Trinajstić information content (AvgIpc) is 3.64. The van der Waals surface area contributed by atoms with E-state index in [9.17, 15) is 9.18 Å². The molecule has 2 aliphatic rings. The second kappa shape index (κ2) is 7.24. The maximum Gasteiger partial charge on any atom is 0.257 e. The fourth-order valence-corrected chi connectivity index (χ4v) is 3.33. The molecule has 0 saturated heterocycles. The van der Waals surface area contributed by atoms with Gasteiger partial charge in [0.25, 0.3) is 5.91 Å². The normalized spacial score (nSPS) is 15.8. The van der Waals surface area contributed by atoms with Gasteiger partial charge in [-0.05, 0) is 62.1 Å². The monoisotopic (exact) mass is 389 g/mol. The molecule has 146 valence electrons. The van der Waals surface area contributed by atoms with Gasteiger partial charge in [0.2, 0.25) is 0 Å². The van der Waals surface area contributed by atoms with Gasteiger partial charge in [-0.25, -0.2) is 14.4 Å². The van der Waals surface area contributed by atoms with Gasteiger partial charge in [-0.2, -0.15) is 0 Å². The number of anilines is 2. The standard InChI is InChI=1S/C22H20FN5O/c23-15-7-5-14(6-8-15)19-20(21(26-12-25-19)27-16-9-10-16)28-22(29)17-2-1-11-24-18(17)13-3-4-13/h1-2,5-8,11-13,16H,3-4,9-10H2,(H,28,29)(H,25,26,27). The number of nitrogens with one attached hydrogen (secondary N) is 2. The third-order valence-electron chi connectivity index (χ3n) is 5.17. The Hall–Kier alpha value is -3.35. The van der Waals surface area contributed by atoms with E-state index in [1.165, 1.54) is 18.5 Å². The summed E-state index contributed by atoms with van der Waals surface area (Å²) in [5, 5.41) is 6.36. The van der Waals surface area contributed by atoms with Crippen LogP contribution < -0.4 is 10.6 Å². The molecule has 3 aromatic rings. The first kappa shape index (κ1) is 17.7. The van der Waals surface area contributed by atoms with Crippen molar-refractivity contribution in [3.63, 3.8) is 0 Å². The zero-order valence-electron chi connectivity index (χ0n) is 15.7. The SMILES string of the molecule is O=C(Nc1c(NC2CC2)ncnc1-c1ccc(F)cc1)c1cccnc1C1CC1. The molecule has 5 rings (SSSR count). The van der Waals surface area contributed by atoms with E-state index in [1.54, 1.807) is 30.5 Å². The summed E-state index contributed by atoms with van der Waals surface area (Å²) in [5.41, 5.74) is 3.16. The van der Waals surface area contributed by atoms with Crippen LogP contribution >= 0.6 is 0 Å². The summed E-state index contributed by atoms with van der Waals surface area (Å²) < 4.78 is 13.4. The molecule has 1 amide bonds. The number of halogens is 1. The van der Waals surface area contributed by atoms with E-state index in [0.717, 1.165) is 31.4 Å². The van der Waals surface area contributed by atoms with Gasteiger partial charge in [0.15, 0.2) is 5.82 Å². The predicted molar refractivity (Wildman–Crippen MR) is 108 cm³/mol. The van der Waals surface area contributed by atoms with Gasteiger partial charge in [-0.1, -0.05) is 0 Å². The van der Waals surface area contributed by atoms with Crippen LogP contribution in [0.3, 0.4) is 0 Å². The van der Waals surface area contributed by atoms with Crippen LogP contribution in [0.1, 0.15) is 47.7 Å². The molecule has 0 unspecified atom stereocenters. The van der Waals surface area contributed by atoms with E-state index in [0.29, 0.717) is 40.3 Å². The molecular formula is C22H20FN5O. The zero-order chi connectivity index (χ0) is 19.8. The van der Waals surface area contributed by atoms with Crippen molar-refractivity contribution in [2.75, 3.05) is 10.6 Å². The maximum absolute atomic E-state index is 13.4. The Morgan fingerprint density at radius 3 is 2.52 bits per heavy atom. The third kappa shape index (κ3) is 3.81. The topological polar surface area (TPSA) is 79.8 Å². The quantitative estimate of drug-likeness (QED) is 0.654. The maximum atomic E-state index is 13.4. The number of rotatable bonds is 6. The van der Waals surface area contributed by atoms with Crippen molar-refractivity contribution < 1.29 is 9.18 Å². The Balaban J connectivity index is 1.53. The van der Waals surface area contributed by atoms with Crippen molar-refractivity contribution >= 4 is 17.4 Å². The molecule has 0 radical (unpaired) electrons. The number of aromatic nitrogens is 3. The average molecular weight is 389 g/mol. The molecule has 0 spiro atoms. The summed E-state index contributed by atoms with van der Waals surface area (Å²) in [5.74, 6) is 0.364. The highest BCUT2D eigenvalue weighted by Gasteiger charge is 2.30. The molecule has 2 heterocycles. The summed E-state index contributed by atoms with van der Waals surface area (Å²) >= 11 is 0. The third-order valence-corrected chi connectivity index (χ3v) is 5.17. The van der Waals surface area contributed by atoms with Crippen LogP contribution in [0.2, 0.25) is 0 Å². The molecule has 29 heavy (non-hydrogen) atoms. The second-order valence-electron chi connectivity index (χ2n) is 7.54. The highest BCUT2D eigenvalue weighted by Crippen LogP contribution is 2.41. The lowest BCUT2D eigenvalue weighted by atomic mass is 10.1. The number of carbonyl (C=O) groups is 1. The van der Waals surface area contributed by atoms with Gasteiger partial charge in [-0.15, -0.1) is 0 Å². The fourth-order valence-electron chi connectivity index (χ4n) is 3.33. The van der Waals surface area contributed by atoms with Crippen molar-refractivity contribution in [1.82, 2.24) is 15.0 Å². The Morgan fingerprint density at radius 2 is 1.79 bits per heavy atom. The number of pyridine rings is 1. The predicted octanol–water partition coefficient (Wildman–Crippen LogP) is 4.38. The van der Waals surface area contributed by atoms with Gasteiger partial charge in [0.05, 0.1) is 17.0 Å². The van der Waals surface area contributed by atoms with Crippen LogP contribution in [-0.4, -0.2) is 26.9 Å². The van der Waals surface area contributed by atoms with Gasteiger partial charge in [0.1, 0.15) is 17.8 Å². The van der Waals surface area contributed by atoms with Crippen LogP contribution in [-0.2, 0) is 0 Å². The number of hydrogen-bond donors (Lipinski definition) is 2. The van der Waals surface area contributed by atoms with E-state index >= 15 is 0 Å². The van der Waals surface area contributed by atoms with Crippen molar-refractivity contribution in [1.29, 1.82) is 0 Å². The minimum Gasteiger partial charge on any atom is -0.365 e. The first-order valence-electron chi connectivity index (χ1n) is 9.83. The Bertz CT molecular complexity index is 1060. The van der Waals surface area contributed by atoms with Crippen LogP contribution in [0, 0.1) is 5.82 Å². The molecule has 1 aromatic carbocycles.